The largest absolute Gasteiger partial charge is 0.348 e. The number of benzene rings is 2. The minimum atomic E-state index is -0.636. The normalized spacial score (nSPS) is 17.0. The third-order valence-corrected chi connectivity index (χ3v) is 6.20. The van der Waals surface area contributed by atoms with Crippen LogP contribution in [0.5, 0.6) is 0 Å². The number of carbonyl (C=O) groups is 3. The Balaban J connectivity index is 1.43. The van der Waals surface area contributed by atoms with Crippen LogP contribution >= 0.6 is 0 Å². The fourth-order valence-corrected chi connectivity index (χ4v) is 4.11. The van der Waals surface area contributed by atoms with Gasteiger partial charge in [0.2, 0.25) is 17.7 Å². The van der Waals surface area contributed by atoms with Crippen LogP contribution < -0.4 is 16.4 Å². The highest BCUT2D eigenvalue weighted by Gasteiger charge is 2.31. The number of rotatable bonds is 8. The van der Waals surface area contributed by atoms with E-state index in [-0.39, 0.29) is 29.7 Å². The summed E-state index contributed by atoms with van der Waals surface area (Å²) in [5.74, 6) is -0.675. The van der Waals surface area contributed by atoms with E-state index in [1.54, 1.807) is 11.8 Å². The zero-order chi connectivity index (χ0) is 23.8. The molecule has 0 spiro atoms. The number of hydrogen-bond acceptors (Lipinski definition) is 4. The topological polar surface area (TPSA) is 105 Å². The first-order valence-electron chi connectivity index (χ1n) is 11.6. The molecule has 4 N–H and O–H groups in total. The molecular formula is C26H34N4O3. The second-order valence-electron chi connectivity index (χ2n) is 8.77. The first-order valence-corrected chi connectivity index (χ1v) is 11.6. The lowest BCUT2D eigenvalue weighted by molar-refractivity contribution is -0.137. The molecule has 0 radical (unpaired) electrons. The predicted molar refractivity (Wildman–Crippen MR) is 128 cm³/mol. The molecule has 0 aliphatic carbocycles. The van der Waals surface area contributed by atoms with Gasteiger partial charge in [-0.3, -0.25) is 14.4 Å². The van der Waals surface area contributed by atoms with Crippen molar-refractivity contribution in [3.8, 4) is 0 Å². The van der Waals surface area contributed by atoms with Crippen molar-refractivity contribution in [1.29, 1.82) is 0 Å². The third-order valence-electron chi connectivity index (χ3n) is 6.20. The number of nitrogens with two attached hydrogens (primary N) is 1. The van der Waals surface area contributed by atoms with Crippen molar-refractivity contribution in [2.45, 2.75) is 51.2 Å². The van der Waals surface area contributed by atoms with Gasteiger partial charge in [-0.1, -0.05) is 60.7 Å². The SMILES string of the molecule is CC(NC(=O)[C@H](C)NC(=O)C1CCN(C(=O)[C@@H](N)Cc2ccccc2)CC1)c1ccccc1. The van der Waals surface area contributed by atoms with Crippen LogP contribution in [0.25, 0.3) is 0 Å². The molecule has 176 valence electrons. The van der Waals surface area contributed by atoms with Crippen LogP contribution in [-0.2, 0) is 20.8 Å². The fraction of sp³-hybridized carbons (Fsp3) is 0.423. The summed E-state index contributed by atoms with van der Waals surface area (Å²) in [6.07, 6.45) is 1.61. The summed E-state index contributed by atoms with van der Waals surface area (Å²) in [7, 11) is 0. The maximum Gasteiger partial charge on any atom is 0.242 e. The van der Waals surface area contributed by atoms with Gasteiger partial charge in [-0.05, 0) is 44.2 Å². The molecular weight excluding hydrogens is 416 g/mol. The molecule has 2 aromatic carbocycles. The van der Waals surface area contributed by atoms with Gasteiger partial charge < -0.3 is 21.3 Å². The lowest BCUT2D eigenvalue weighted by Gasteiger charge is -2.33. The van der Waals surface area contributed by atoms with Gasteiger partial charge >= 0.3 is 0 Å². The molecule has 3 amide bonds. The average molecular weight is 451 g/mol. The Morgan fingerprint density at radius 1 is 0.939 bits per heavy atom. The van der Waals surface area contributed by atoms with Gasteiger partial charge in [-0.25, -0.2) is 0 Å². The van der Waals surface area contributed by atoms with E-state index >= 15 is 0 Å². The first-order chi connectivity index (χ1) is 15.8. The van der Waals surface area contributed by atoms with Gasteiger partial charge in [0, 0.05) is 19.0 Å². The van der Waals surface area contributed by atoms with Crippen molar-refractivity contribution in [1.82, 2.24) is 15.5 Å². The van der Waals surface area contributed by atoms with Gasteiger partial charge in [0.1, 0.15) is 6.04 Å². The Labute approximate surface area is 195 Å². The van der Waals surface area contributed by atoms with Crippen molar-refractivity contribution in [3.63, 3.8) is 0 Å². The van der Waals surface area contributed by atoms with E-state index in [0.29, 0.717) is 32.4 Å². The fourth-order valence-electron chi connectivity index (χ4n) is 4.11. The van der Waals surface area contributed by atoms with E-state index in [1.165, 1.54) is 0 Å². The molecule has 7 heteroatoms. The molecule has 1 aliphatic rings. The zero-order valence-corrected chi connectivity index (χ0v) is 19.4. The van der Waals surface area contributed by atoms with Gasteiger partial charge in [-0.15, -0.1) is 0 Å². The number of piperidine rings is 1. The van der Waals surface area contributed by atoms with Crippen LogP contribution in [0.2, 0.25) is 0 Å². The maximum absolute atomic E-state index is 12.7. The highest BCUT2D eigenvalue weighted by atomic mass is 16.2. The van der Waals surface area contributed by atoms with Crippen LogP contribution in [0.3, 0.4) is 0 Å². The highest BCUT2D eigenvalue weighted by molar-refractivity contribution is 5.88. The monoisotopic (exact) mass is 450 g/mol. The summed E-state index contributed by atoms with van der Waals surface area (Å²) < 4.78 is 0. The quantitative estimate of drug-likeness (QED) is 0.573. The number of nitrogens with one attached hydrogen (secondary N) is 2. The molecule has 3 atom stereocenters. The number of hydrogen-bond donors (Lipinski definition) is 3. The lowest BCUT2D eigenvalue weighted by atomic mass is 9.94. The van der Waals surface area contributed by atoms with Crippen LogP contribution in [-0.4, -0.2) is 47.8 Å². The average Bonchev–Trinajstić information content (AvgIpc) is 2.84. The minimum Gasteiger partial charge on any atom is -0.348 e. The molecule has 1 saturated heterocycles. The van der Waals surface area contributed by atoms with Crippen LogP contribution in [0.1, 0.15) is 43.9 Å². The Bertz CT molecular complexity index is 927. The molecule has 0 bridgehead atoms. The number of carbonyl (C=O) groups excluding carboxylic acids is 3. The van der Waals surface area contributed by atoms with E-state index in [1.807, 2.05) is 67.6 Å². The van der Waals surface area contributed by atoms with Gasteiger partial charge in [0.25, 0.3) is 0 Å². The van der Waals surface area contributed by atoms with Crippen LogP contribution in [0.4, 0.5) is 0 Å². The maximum atomic E-state index is 12.7. The molecule has 3 rings (SSSR count). The Morgan fingerprint density at radius 2 is 1.52 bits per heavy atom. The lowest BCUT2D eigenvalue weighted by Crippen LogP contribution is -2.51. The molecule has 2 aromatic rings. The first kappa shape index (κ1) is 24.5. The number of likely N-dealkylation sites (tertiary alicyclic amines) is 1. The van der Waals surface area contributed by atoms with Crippen molar-refractivity contribution in [3.05, 3.63) is 71.8 Å². The van der Waals surface area contributed by atoms with Gasteiger partial charge in [0.05, 0.1) is 12.1 Å². The van der Waals surface area contributed by atoms with Crippen molar-refractivity contribution in [2.75, 3.05) is 13.1 Å². The summed E-state index contributed by atoms with van der Waals surface area (Å²) in [6, 6.07) is 18.0. The van der Waals surface area contributed by atoms with E-state index < -0.39 is 12.1 Å². The van der Waals surface area contributed by atoms with E-state index in [2.05, 4.69) is 10.6 Å². The van der Waals surface area contributed by atoms with Crippen LogP contribution in [0.15, 0.2) is 60.7 Å². The van der Waals surface area contributed by atoms with E-state index in [9.17, 15) is 14.4 Å². The third kappa shape index (κ3) is 6.89. The summed E-state index contributed by atoms with van der Waals surface area (Å²) in [4.78, 5) is 39.7. The Hall–Kier alpha value is -3.19. The van der Waals surface area contributed by atoms with Crippen molar-refractivity contribution in [2.24, 2.45) is 11.7 Å². The second kappa shape index (κ2) is 11.6. The second-order valence-corrected chi connectivity index (χ2v) is 8.77. The molecule has 1 heterocycles. The van der Waals surface area contributed by atoms with E-state index in [4.69, 9.17) is 5.73 Å². The Morgan fingerprint density at radius 3 is 2.12 bits per heavy atom. The molecule has 1 unspecified atom stereocenters. The molecule has 1 fully saturated rings. The minimum absolute atomic E-state index is 0.0830. The Kier molecular flexibility index (Phi) is 8.60. The highest BCUT2D eigenvalue weighted by Crippen LogP contribution is 2.19. The standard InChI is InChI=1S/C26H34N4O3/c1-18(21-11-7-4-8-12-21)28-24(31)19(2)29-25(32)22-13-15-30(16-14-22)26(33)23(27)17-20-9-5-3-6-10-20/h3-12,18-19,22-23H,13-17,27H2,1-2H3,(H,28,31)(H,29,32)/t18?,19-,23-/m0/s1. The number of nitrogens with zero attached hydrogens (tertiary/aromatic N) is 1. The van der Waals surface area contributed by atoms with Crippen molar-refractivity contribution >= 4 is 17.7 Å². The zero-order valence-electron chi connectivity index (χ0n) is 19.4. The molecule has 33 heavy (non-hydrogen) atoms. The van der Waals surface area contributed by atoms with Gasteiger partial charge in [-0.2, -0.15) is 0 Å². The molecule has 7 nitrogen and oxygen atoms in total. The number of amides is 3. The predicted octanol–water partition coefficient (Wildman–Crippen LogP) is 2.18. The van der Waals surface area contributed by atoms with E-state index in [0.717, 1.165) is 11.1 Å². The molecule has 1 aliphatic heterocycles. The van der Waals surface area contributed by atoms with Gasteiger partial charge in [0.15, 0.2) is 0 Å². The molecule has 0 saturated carbocycles. The summed E-state index contributed by atoms with van der Waals surface area (Å²) in [5.41, 5.74) is 8.18. The summed E-state index contributed by atoms with van der Waals surface area (Å²) in [6.45, 7) is 4.58. The summed E-state index contributed by atoms with van der Waals surface area (Å²) in [5, 5.41) is 5.76. The van der Waals surface area contributed by atoms with Crippen LogP contribution in [0, 0.1) is 5.92 Å². The molecule has 0 aromatic heterocycles. The van der Waals surface area contributed by atoms with Crippen molar-refractivity contribution < 1.29 is 14.4 Å². The summed E-state index contributed by atoms with van der Waals surface area (Å²) >= 11 is 0. The smallest absolute Gasteiger partial charge is 0.242 e.